The monoisotopic (exact) mass is 239 g/mol. The molecular formula is C8H12F3N3O2. The van der Waals surface area contributed by atoms with Crippen LogP contribution >= 0.6 is 0 Å². The van der Waals surface area contributed by atoms with E-state index >= 15 is 0 Å². The van der Waals surface area contributed by atoms with E-state index in [9.17, 15) is 13.2 Å². The van der Waals surface area contributed by atoms with Crippen LogP contribution in [0.5, 0.6) is 0 Å². The molecule has 8 heteroatoms. The number of hydrogen-bond acceptors (Lipinski definition) is 5. The van der Waals surface area contributed by atoms with Gasteiger partial charge in [0.1, 0.15) is 0 Å². The van der Waals surface area contributed by atoms with E-state index in [2.05, 4.69) is 14.7 Å². The molecule has 1 aromatic rings. The molecule has 0 saturated heterocycles. The van der Waals surface area contributed by atoms with Crippen LogP contribution in [0.3, 0.4) is 0 Å². The molecule has 2 N–H and O–H groups in total. The van der Waals surface area contributed by atoms with E-state index in [0.717, 1.165) is 6.92 Å². The molecule has 0 saturated carbocycles. The summed E-state index contributed by atoms with van der Waals surface area (Å²) in [7, 11) is 1.46. The number of halogens is 3. The van der Waals surface area contributed by atoms with Crippen molar-refractivity contribution in [3.63, 3.8) is 0 Å². The van der Waals surface area contributed by atoms with Crippen molar-refractivity contribution in [3.05, 3.63) is 11.7 Å². The second kappa shape index (κ2) is 4.38. The van der Waals surface area contributed by atoms with Crippen LogP contribution in [0.2, 0.25) is 0 Å². The fourth-order valence-corrected chi connectivity index (χ4v) is 0.881. The Morgan fingerprint density at radius 1 is 1.44 bits per heavy atom. The highest BCUT2D eigenvalue weighted by Gasteiger charge is 2.53. The van der Waals surface area contributed by atoms with Crippen molar-refractivity contribution in [1.29, 1.82) is 0 Å². The van der Waals surface area contributed by atoms with Crippen LogP contribution in [0.15, 0.2) is 4.52 Å². The van der Waals surface area contributed by atoms with Gasteiger partial charge in [-0.1, -0.05) is 5.16 Å². The number of aromatic nitrogens is 2. The van der Waals surface area contributed by atoms with Crippen LogP contribution in [0.4, 0.5) is 13.2 Å². The molecule has 0 aliphatic carbocycles. The molecule has 0 amide bonds. The van der Waals surface area contributed by atoms with Gasteiger partial charge in [-0.2, -0.15) is 18.2 Å². The second-order valence-electron chi connectivity index (χ2n) is 3.46. The molecule has 16 heavy (non-hydrogen) atoms. The first-order valence-electron chi connectivity index (χ1n) is 4.46. The lowest BCUT2D eigenvalue weighted by atomic mass is 10.0. The average Bonchev–Trinajstić information content (AvgIpc) is 2.61. The Morgan fingerprint density at radius 3 is 2.56 bits per heavy atom. The van der Waals surface area contributed by atoms with Crippen LogP contribution in [0.1, 0.15) is 18.6 Å². The lowest BCUT2D eigenvalue weighted by Crippen LogP contribution is -2.48. The summed E-state index contributed by atoms with van der Waals surface area (Å²) >= 11 is 0. The summed E-state index contributed by atoms with van der Waals surface area (Å²) in [5.74, 6) is -0.510. The van der Waals surface area contributed by atoms with Crippen LogP contribution in [-0.4, -0.2) is 30.0 Å². The molecule has 1 atom stereocenters. The predicted octanol–water partition coefficient (Wildman–Crippen LogP) is 0.995. The fourth-order valence-electron chi connectivity index (χ4n) is 0.881. The normalized spacial score (nSPS) is 16.1. The van der Waals surface area contributed by atoms with Gasteiger partial charge in [0.15, 0.2) is 11.4 Å². The van der Waals surface area contributed by atoms with Gasteiger partial charge in [-0.3, -0.25) is 0 Å². The van der Waals surface area contributed by atoms with Crippen LogP contribution in [0, 0.1) is 0 Å². The standard InChI is InChI=1S/C8H12F3N3O2/c1-7(12,8(9,10)11)6-13-5(14-16-6)3-4-15-2/h3-4,12H2,1-2H3. The molecule has 1 unspecified atom stereocenters. The van der Waals surface area contributed by atoms with E-state index in [0.29, 0.717) is 6.61 Å². The number of nitrogens with zero attached hydrogens (tertiary/aromatic N) is 2. The van der Waals surface area contributed by atoms with Gasteiger partial charge >= 0.3 is 6.18 Å². The third kappa shape index (κ3) is 2.50. The van der Waals surface area contributed by atoms with E-state index in [1.165, 1.54) is 7.11 Å². The maximum absolute atomic E-state index is 12.5. The summed E-state index contributed by atoms with van der Waals surface area (Å²) in [6.45, 7) is 1.08. The van der Waals surface area contributed by atoms with Crippen LogP contribution in [-0.2, 0) is 16.7 Å². The van der Waals surface area contributed by atoms with Gasteiger partial charge in [0, 0.05) is 13.5 Å². The quantitative estimate of drug-likeness (QED) is 0.848. The fraction of sp³-hybridized carbons (Fsp3) is 0.750. The largest absolute Gasteiger partial charge is 0.415 e. The maximum Gasteiger partial charge on any atom is 0.415 e. The van der Waals surface area contributed by atoms with E-state index in [1.54, 1.807) is 0 Å². The average molecular weight is 239 g/mol. The number of rotatable bonds is 4. The SMILES string of the molecule is COCCc1noc(C(C)(N)C(F)(F)F)n1. The van der Waals surface area contributed by atoms with Gasteiger partial charge in [0.25, 0.3) is 5.89 Å². The predicted molar refractivity (Wildman–Crippen MR) is 47.5 cm³/mol. The first-order chi connectivity index (χ1) is 7.29. The minimum Gasteiger partial charge on any atom is -0.384 e. The Morgan fingerprint density at radius 2 is 2.06 bits per heavy atom. The molecule has 0 bridgehead atoms. The maximum atomic E-state index is 12.5. The lowest BCUT2D eigenvalue weighted by Gasteiger charge is -2.22. The zero-order chi connectivity index (χ0) is 12.4. The third-order valence-electron chi connectivity index (χ3n) is 2.03. The minimum atomic E-state index is -4.64. The highest BCUT2D eigenvalue weighted by atomic mass is 19.4. The number of nitrogens with two attached hydrogens (primary N) is 1. The van der Waals surface area contributed by atoms with Crippen LogP contribution in [0.25, 0.3) is 0 Å². The first kappa shape index (κ1) is 12.9. The van der Waals surface area contributed by atoms with Gasteiger partial charge < -0.3 is 15.0 Å². The van der Waals surface area contributed by atoms with Crippen molar-refractivity contribution in [2.75, 3.05) is 13.7 Å². The highest BCUT2D eigenvalue weighted by Crippen LogP contribution is 2.35. The van der Waals surface area contributed by atoms with E-state index < -0.39 is 17.6 Å². The van der Waals surface area contributed by atoms with Gasteiger partial charge in [0.2, 0.25) is 0 Å². The smallest absolute Gasteiger partial charge is 0.384 e. The molecule has 0 aliphatic heterocycles. The Kier molecular flexibility index (Phi) is 3.54. The van der Waals surface area contributed by atoms with Gasteiger partial charge in [-0.25, -0.2) is 0 Å². The van der Waals surface area contributed by atoms with Crippen molar-refractivity contribution in [2.45, 2.75) is 25.1 Å². The van der Waals surface area contributed by atoms with Gasteiger partial charge in [-0.15, -0.1) is 0 Å². The summed E-state index contributed by atoms with van der Waals surface area (Å²) in [6, 6.07) is 0. The molecule has 0 radical (unpaired) electrons. The highest BCUT2D eigenvalue weighted by molar-refractivity contribution is 5.04. The Hall–Kier alpha value is -1.15. The molecule has 0 fully saturated rings. The van der Waals surface area contributed by atoms with Gasteiger partial charge in [0.05, 0.1) is 6.61 Å². The topological polar surface area (TPSA) is 74.2 Å². The number of hydrogen-bond donors (Lipinski definition) is 1. The Balaban J connectivity index is 2.85. The summed E-state index contributed by atoms with van der Waals surface area (Å²) in [4.78, 5) is 3.58. The molecular weight excluding hydrogens is 227 g/mol. The number of alkyl halides is 3. The molecule has 1 rings (SSSR count). The third-order valence-corrected chi connectivity index (χ3v) is 2.03. The Labute approximate surface area is 89.8 Å². The summed E-state index contributed by atoms with van der Waals surface area (Å²) < 4.78 is 46.7. The molecule has 0 aromatic carbocycles. The minimum absolute atomic E-state index is 0.137. The number of ether oxygens (including phenoxy) is 1. The molecule has 5 nitrogen and oxygen atoms in total. The van der Waals surface area contributed by atoms with E-state index in [1.807, 2.05) is 0 Å². The number of methoxy groups -OCH3 is 1. The summed E-state index contributed by atoms with van der Waals surface area (Å²) in [5, 5.41) is 3.39. The summed E-state index contributed by atoms with van der Waals surface area (Å²) in [5.41, 5.74) is 2.47. The zero-order valence-electron chi connectivity index (χ0n) is 8.84. The Bertz CT molecular complexity index is 349. The summed E-state index contributed by atoms with van der Waals surface area (Å²) in [6.07, 6.45) is -4.37. The molecule has 0 aliphatic rings. The van der Waals surface area contributed by atoms with Crippen molar-refractivity contribution < 1.29 is 22.4 Å². The van der Waals surface area contributed by atoms with Crippen molar-refractivity contribution in [3.8, 4) is 0 Å². The molecule has 1 aromatic heterocycles. The molecule has 1 heterocycles. The van der Waals surface area contributed by atoms with Crippen molar-refractivity contribution in [1.82, 2.24) is 10.1 Å². The van der Waals surface area contributed by atoms with E-state index in [-0.39, 0.29) is 12.2 Å². The molecule has 92 valence electrons. The second-order valence-corrected chi connectivity index (χ2v) is 3.46. The van der Waals surface area contributed by atoms with Crippen molar-refractivity contribution >= 4 is 0 Å². The first-order valence-corrected chi connectivity index (χ1v) is 4.46. The molecule has 0 spiro atoms. The van der Waals surface area contributed by atoms with Crippen molar-refractivity contribution in [2.24, 2.45) is 5.73 Å². The van der Waals surface area contributed by atoms with Crippen LogP contribution < -0.4 is 5.73 Å². The zero-order valence-corrected chi connectivity index (χ0v) is 8.84. The lowest BCUT2D eigenvalue weighted by molar-refractivity contribution is -0.190. The van der Waals surface area contributed by atoms with E-state index in [4.69, 9.17) is 10.5 Å². The van der Waals surface area contributed by atoms with Gasteiger partial charge in [-0.05, 0) is 6.92 Å².